The van der Waals surface area contributed by atoms with Gasteiger partial charge in [-0.2, -0.15) is 26.0 Å². The molecule has 1 unspecified atom stereocenters. The van der Waals surface area contributed by atoms with Crippen LogP contribution in [0.5, 0.6) is 0 Å². The predicted octanol–water partition coefficient (Wildman–Crippen LogP) is 5.79. The second-order valence-electron chi connectivity index (χ2n) is 6.95. The minimum atomic E-state index is -6.43. The maximum Gasteiger partial charge on any atom is 0.431 e. The summed E-state index contributed by atoms with van der Waals surface area (Å²) >= 11 is 0. The smallest absolute Gasteiger partial charge is 0.383 e. The van der Waals surface area contributed by atoms with Crippen molar-refractivity contribution in [3.05, 3.63) is 91.0 Å². The van der Waals surface area contributed by atoms with Crippen molar-refractivity contribution < 1.29 is 35.6 Å². The lowest BCUT2D eigenvalue weighted by atomic mass is 10.2. The zero-order chi connectivity index (χ0) is 23.6. The van der Waals surface area contributed by atoms with Gasteiger partial charge in [0.25, 0.3) is 0 Å². The van der Waals surface area contributed by atoms with E-state index in [-0.39, 0.29) is 0 Å². The summed E-state index contributed by atoms with van der Waals surface area (Å²) in [5.41, 5.74) is -2.13. The van der Waals surface area contributed by atoms with Crippen LogP contribution in [-0.4, -0.2) is 34.7 Å². The van der Waals surface area contributed by atoms with E-state index in [1.54, 1.807) is 91.0 Å². The molecule has 0 aliphatic carbocycles. The number of halogens is 4. The van der Waals surface area contributed by atoms with Crippen molar-refractivity contribution in [3.63, 3.8) is 0 Å². The van der Waals surface area contributed by atoms with Crippen LogP contribution in [0.4, 0.5) is 17.6 Å². The van der Waals surface area contributed by atoms with Gasteiger partial charge in [-0.3, -0.25) is 4.55 Å². The number of hydrogen-bond acceptors (Lipinski definition) is 3. The van der Waals surface area contributed by atoms with Crippen LogP contribution in [0.2, 0.25) is 0 Å². The first-order chi connectivity index (χ1) is 14.9. The Balaban J connectivity index is 2.28. The van der Waals surface area contributed by atoms with Gasteiger partial charge in [0.1, 0.15) is 5.44 Å². The van der Waals surface area contributed by atoms with E-state index in [2.05, 4.69) is 0 Å². The van der Waals surface area contributed by atoms with Crippen LogP contribution in [0.25, 0.3) is 0 Å². The van der Waals surface area contributed by atoms with Gasteiger partial charge >= 0.3 is 21.3 Å². The zero-order valence-electron chi connectivity index (χ0n) is 16.5. The van der Waals surface area contributed by atoms with E-state index in [4.69, 9.17) is 4.55 Å². The lowest BCUT2D eigenvalue weighted by molar-refractivity contribution is -0.170. The molecule has 3 rings (SSSR count). The Hall–Kier alpha value is -2.40. The topological polar surface area (TPSA) is 74.6 Å². The second kappa shape index (κ2) is 8.86. The van der Waals surface area contributed by atoms with Crippen LogP contribution >= 0.6 is 10.0 Å². The standard InChI is InChI=1S/C22H20F4O4S2/c23-21(24,22(25,26)32(28,29)30)16-20(27)31(17-10-4-1-5-11-17,18-12-6-2-7-13-18)19-14-8-3-9-15-19/h1-15,20,27H,16H2,(H,28,29,30). The minimum Gasteiger partial charge on any atom is -0.383 e. The Morgan fingerprint density at radius 1 is 0.688 bits per heavy atom. The number of rotatable bonds is 8. The van der Waals surface area contributed by atoms with Gasteiger partial charge in [0.05, 0.1) is 6.42 Å². The fourth-order valence-corrected chi connectivity index (χ4v) is 7.88. The number of hydrogen-bond donors (Lipinski definition) is 2. The van der Waals surface area contributed by atoms with Gasteiger partial charge in [-0.05, 0) is 36.4 Å². The molecule has 0 saturated heterocycles. The van der Waals surface area contributed by atoms with E-state index < -0.39 is 43.2 Å². The largest absolute Gasteiger partial charge is 0.431 e. The quantitative estimate of drug-likeness (QED) is 0.311. The van der Waals surface area contributed by atoms with E-state index in [9.17, 15) is 31.1 Å². The number of aliphatic hydroxyl groups is 1. The van der Waals surface area contributed by atoms with Crippen LogP contribution in [0.1, 0.15) is 6.42 Å². The summed E-state index contributed by atoms with van der Waals surface area (Å²) in [5.74, 6) is -5.25. The second-order valence-corrected chi connectivity index (χ2v) is 11.7. The van der Waals surface area contributed by atoms with Gasteiger partial charge in [-0.15, -0.1) is 10.0 Å². The first kappa shape index (κ1) is 24.2. The molecule has 3 aromatic carbocycles. The van der Waals surface area contributed by atoms with Crippen molar-refractivity contribution in [2.45, 2.75) is 37.7 Å². The van der Waals surface area contributed by atoms with Crippen LogP contribution in [0, 0.1) is 0 Å². The summed E-state index contributed by atoms with van der Waals surface area (Å²) in [6.07, 6.45) is -1.91. The third kappa shape index (κ3) is 4.15. The third-order valence-electron chi connectivity index (χ3n) is 4.93. The Labute approximate surface area is 184 Å². The highest BCUT2D eigenvalue weighted by Gasteiger charge is 2.66. The van der Waals surface area contributed by atoms with Crippen molar-refractivity contribution in [1.29, 1.82) is 0 Å². The molecule has 0 aliphatic heterocycles. The lowest BCUT2D eigenvalue weighted by Crippen LogP contribution is -2.49. The molecule has 3 aromatic rings. The van der Waals surface area contributed by atoms with Crippen LogP contribution in [0.3, 0.4) is 0 Å². The van der Waals surface area contributed by atoms with Gasteiger partial charge in [0.15, 0.2) is 0 Å². The highest BCUT2D eigenvalue weighted by molar-refractivity contribution is 8.34. The molecule has 0 saturated carbocycles. The molecule has 0 spiro atoms. The number of alkyl halides is 4. The predicted molar refractivity (Wildman–Crippen MR) is 114 cm³/mol. The van der Waals surface area contributed by atoms with Crippen molar-refractivity contribution >= 4 is 20.1 Å². The van der Waals surface area contributed by atoms with Crippen LogP contribution < -0.4 is 0 Å². The highest BCUT2D eigenvalue weighted by Crippen LogP contribution is 2.72. The fourth-order valence-electron chi connectivity index (χ4n) is 3.44. The molecule has 0 aromatic heterocycles. The van der Waals surface area contributed by atoms with Gasteiger partial charge in [0, 0.05) is 14.7 Å². The first-order valence-corrected chi connectivity index (χ1v) is 12.5. The van der Waals surface area contributed by atoms with E-state index in [0.717, 1.165) is 0 Å². The maximum absolute atomic E-state index is 14.6. The van der Waals surface area contributed by atoms with Crippen molar-refractivity contribution in [1.82, 2.24) is 0 Å². The molecule has 2 N–H and O–H groups in total. The van der Waals surface area contributed by atoms with E-state index in [0.29, 0.717) is 14.7 Å². The molecule has 10 heteroatoms. The lowest BCUT2D eigenvalue weighted by Gasteiger charge is -2.46. The van der Waals surface area contributed by atoms with Gasteiger partial charge < -0.3 is 5.11 Å². The molecule has 1 atom stereocenters. The van der Waals surface area contributed by atoms with Gasteiger partial charge in [-0.25, -0.2) is 0 Å². The number of benzene rings is 3. The molecule has 0 amide bonds. The summed E-state index contributed by atoms with van der Waals surface area (Å²) in [6, 6.07) is 24.4. The molecule has 0 fully saturated rings. The third-order valence-corrected chi connectivity index (χ3v) is 9.91. The van der Waals surface area contributed by atoms with Crippen LogP contribution in [-0.2, 0) is 10.1 Å². The average molecular weight is 489 g/mol. The zero-order valence-corrected chi connectivity index (χ0v) is 18.1. The fraction of sp³-hybridized carbons (Fsp3) is 0.182. The molecule has 0 heterocycles. The van der Waals surface area contributed by atoms with Crippen molar-refractivity contribution in [3.8, 4) is 0 Å². The van der Waals surface area contributed by atoms with E-state index in [1.807, 2.05) is 0 Å². The molecule has 0 bridgehead atoms. The maximum atomic E-state index is 14.6. The Morgan fingerprint density at radius 3 is 1.28 bits per heavy atom. The molecular weight excluding hydrogens is 468 g/mol. The van der Waals surface area contributed by atoms with Gasteiger partial charge in [0.2, 0.25) is 0 Å². The van der Waals surface area contributed by atoms with Crippen molar-refractivity contribution in [2.24, 2.45) is 0 Å². The Kier molecular flexibility index (Phi) is 6.71. The summed E-state index contributed by atoms with van der Waals surface area (Å²) in [4.78, 5) is 1.24. The SMILES string of the molecule is O=S(=O)(O)C(F)(F)C(F)(F)CC(O)S(c1ccccc1)(c1ccccc1)c1ccccc1. The summed E-state index contributed by atoms with van der Waals surface area (Å²) in [7, 11) is -9.41. The molecule has 4 nitrogen and oxygen atoms in total. The van der Waals surface area contributed by atoms with Gasteiger partial charge in [-0.1, -0.05) is 54.6 Å². The van der Waals surface area contributed by atoms with E-state index in [1.165, 1.54) is 0 Å². The monoisotopic (exact) mass is 488 g/mol. The molecule has 32 heavy (non-hydrogen) atoms. The normalized spacial score (nSPS) is 14.7. The molecular formula is C22H20F4O4S2. The number of aliphatic hydroxyl groups excluding tert-OH is 1. The average Bonchev–Trinajstić information content (AvgIpc) is 2.75. The Morgan fingerprint density at radius 2 is 1.00 bits per heavy atom. The van der Waals surface area contributed by atoms with Crippen LogP contribution in [0.15, 0.2) is 106 Å². The Bertz CT molecular complexity index is 1050. The highest BCUT2D eigenvalue weighted by atomic mass is 32.3. The minimum absolute atomic E-state index is 0.413. The molecule has 172 valence electrons. The summed E-state index contributed by atoms with van der Waals surface area (Å²) in [5, 5.41) is 5.45. The van der Waals surface area contributed by atoms with E-state index >= 15 is 0 Å². The first-order valence-electron chi connectivity index (χ1n) is 9.33. The van der Waals surface area contributed by atoms with Crippen molar-refractivity contribution in [2.75, 3.05) is 0 Å². The molecule has 0 radical (unpaired) electrons. The molecule has 0 aliphatic rings. The summed E-state index contributed by atoms with van der Waals surface area (Å²) in [6.45, 7) is 0. The summed E-state index contributed by atoms with van der Waals surface area (Å²) < 4.78 is 87.8.